The quantitative estimate of drug-likeness (QED) is 0.590. The number of unbranched alkanes of at least 4 members (excludes halogenated alkanes) is 1. The lowest BCUT2D eigenvalue weighted by molar-refractivity contribution is 0.349. The van der Waals surface area contributed by atoms with Crippen molar-refractivity contribution in [3.63, 3.8) is 0 Å². The fourth-order valence-corrected chi connectivity index (χ4v) is 1.30. The molecule has 0 aliphatic heterocycles. The number of nitrogens with one attached hydrogen (secondary N) is 1. The van der Waals surface area contributed by atoms with Crippen LogP contribution in [-0.4, -0.2) is 19.6 Å². The highest BCUT2D eigenvalue weighted by Crippen LogP contribution is 2.10. The molecule has 0 heterocycles. The molecule has 0 saturated heterocycles. The van der Waals surface area contributed by atoms with Gasteiger partial charge in [-0.25, -0.2) is 0 Å². The van der Waals surface area contributed by atoms with Gasteiger partial charge in [-0.2, -0.15) is 0 Å². The van der Waals surface area contributed by atoms with Crippen LogP contribution in [0.15, 0.2) is 0 Å². The van der Waals surface area contributed by atoms with Gasteiger partial charge in [0.15, 0.2) is 0 Å². The van der Waals surface area contributed by atoms with Crippen molar-refractivity contribution in [3.8, 4) is 0 Å². The van der Waals surface area contributed by atoms with Crippen LogP contribution in [0.2, 0.25) is 0 Å². The van der Waals surface area contributed by atoms with Crippen LogP contribution in [0.5, 0.6) is 0 Å². The first-order chi connectivity index (χ1) is 6.48. The second kappa shape index (κ2) is 7.24. The Morgan fingerprint density at radius 2 is 1.86 bits per heavy atom. The molecule has 14 heavy (non-hydrogen) atoms. The highest BCUT2D eigenvalue weighted by molar-refractivity contribution is 4.71. The molecule has 2 heteroatoms. The summed E-state index contributed by atoms with van der Waals surface area (Å²) in [5.41, 5.74) is 5.89. The summed E-state index contributed by atoms with van der Waals surface area (Å²) in [6.07, 6.45) is 3.98. The van der Waals surface area contributed by atoms with Crippen LogP contribution in [-0.2, 0) is 0 Å². The summed E-state index contributed by atoms with van der Waals surface area (Å²) in [6, 6.07) is 0. The fourth-order valence-electron chi connectivity index (χ4n) is 1.30. The van der Waals surface area contributed by atoms with Gasteiger partial charge in [0.25, 0.3) is 0 Å². The molecule has 3 N–H and O–H groups in total. The van der Waals surface area contributed by atoms with Crippen molar-refractivity contribution in [1.82, 2.24) is 5.32 Å². The van der Waals surface area contributed by atoms with Gasteiger partial charge >= 0.3 is 0 Å². The maximum absolute atomic E-state index is 5.65. The SMILES string of the molecule is CC(C)CCCCNCC(C)(C)CN. The van der Waals surface area contributed by atoms with Crippen molar-refractivity contribution in [2.75, 3.05) is 19.6 Å². The lowest BCUT2D eigenvalue weighted by atomic mass is 9.94. The van der Waals surface area contributed by atoms with E-state index in [-0.39, 0.29) is 5.41 Å². The van der Waals surface area contributed by atoms with E-state index in [1.54, 1.807) is 0 Å². The van der Waals surface area contributed by atoms with Crippen molar-refractivity contribution in [1.29, 1.82) is 0 Å². The van der Waals surface area contributed by atoms with E-state index in [1.807, 2.05) is 0 Å². The Bertz CT molecular complexity index is 130. The maximum atomic E-state index is 5.65. The highest BCUT2D eigenvalue weighted by Gasteiger charge is 2.13. The van der Waals surface area contributed by atoms with Crippen LogP contribution < -0.4 is 11.1 Å². The van der Waals surface area contributed by atoms with Gasteiger partial charge in [-0.1, -0.05) is 40.5 Å². The largest absolute Gasteiger partial charge is 0.330 e. The minimum Gasteiger partial charge on any atom is -0.330 e. The van der Waals surface area contributed by atoms with E-state index in [0.29, 0.717) is 0 Å². The zero-order valence-corrected chi connectivity index (χ0v) is 10.4. The third kappa shape index (κ3) is 8.52. The molecule has 0 saturated carbocycles. The summed E-state index contributed by atoms with van der Waals surface area (Å²) in [6.45, 7) is 11.9. The molecule has 0 aliphatic carbocycles. The second-order valence-electron chi connectivity index (χ2n) is 5.43. The monoisotopic (exact) mass is 200 g/mol. The molecule has 0 aliphatic rings. The van der Waals surface area contributed by atoms with E-state index in [4.69, 9.17) is 5.73 Å². The van der Waals surface area contributed by atoms with Gasteiger partial charge in [-0.15, -0.1) is 0 Å². The van der Waals surface area contributed by atoms with Gasteiger partial charge in [0, 0.05) is 6.54 Å². The van der Waals surface area contributed by atoms with Crippen LogP contribution in [0.3, 0.4) is 0 Å². The van der Waals surface area contributed by atoms with Gasteiger partial charge in [-0.3, -0.25) is 0 Å². The van der Waals surface area contributed by atoms with Crippen molar-refractivity contribution in [2.45, 2.75) is 47.0 Å². The van der Waals surface area contributed by atoms with Crippen LogP contribution in [0.4, 0.5) is 0 Å². The molecule has 0 fully saturated rings. The molecular weight excluding hydrogens is 172 g/mol. The standard InChI is InChI=1S/C12H28N2/c1-11(2)7-5-6-8-14-10-12(3,4)9-13/h11,14H,5-10,13H2,1-4H3. The van der Waals surface area contributed by atoms with Crippen LogP contribution in [0, 0.1) is 11.3 Å². The molecule has 0 aromatic heterocycles. The van der Waals surface area contributed by atoms with E-state index in [1.165, 1.54) is 19.3 Å². The molecule has 0 aromatic rings. The molecule has 0 spiro atoms. The van der Waals surface area contributed by atoms with Crippen molar-refractivity contribution in [3.05, 3.63) is 0 Å². The first-order valence-electron chi connectivity index (χ1n) is 5.89. The number of nitrogens with two attached hydrogens (primary N) is 1. The van der Waals surface area contributed by atoms with Gasteiger partial charge in [0.1, 0.15) is 0 Å². The van der Waals surface area contributed by atoms with Crippen LogP contribution in [0.1, 0.15) is 47.0 Å². The topological polar surface area (TPSA) is 38.0 Å². The van der Waals surface area contributed by atoms with Gasteiger partial charge in [-0.05, 0) is 30.8 Å². The van der Waals surface area contributed by atoms with Crippen LogP contribution in [0.25, 0.3) is 0 Å². The highest BCUT2D eigenvalue weighted by atomic mass is 14.9. The summed E-state index contributed by atoms with van der Waals surface area (Å²) >= 11 is 0. The summed E-state index contributed by atoms with van der Waals surface area (Å²) in [7, 11) is 0. The van der Waals surface area contributed by atoms with Crippen molar-refractivity contribution >= 4 is 0 Å². The first kappa shape index (κ1) is 13.9. The predicted octanol–water partition coefficient (Wildman–Crippen LogP) is 2.39. The van der Waals surface area contributed by atoms with Crippen molar-refractivity contribution in [2.24, 2.45) is 17.1 Å². The summed E-state index contributed by atoms with van der Waals surface area (Å²) in [4.78, 5) is 0. The number of hydrogen-bond donors (Lipinski definition) is 2. The molecular formula is C12H28N2. The maximum Gasteiger partial charge on any atom is 0.00146 e. The lowest BCUT2D eigenvalue weighted by Gasteiger charge is -2.22. The summed E-state index contributed by atoms with van der Waals surface area (Å²) in [5, 5.41) is 3.47. The number of hydrogen-bond acceptors (Lipinski definition) is 2. The fraction of sp³-hybridized carbons (Fsp3) is 1.00. The zero-order valence-electron chi connectivity index (χ0n) is 10.4. The Kier molecular flexibility index (Phi) is 7.20. The van der Waals surface area contributed by atoms with Gasteiger partial charge < -0.3 is 11.1 Å². The minimum atomic E-state index is 0.248. The normalized spacial score (nSPS) is 12.4. The third-order valence-corrected chi connectivity index (χ3v) is 2.54. The Hall–Kier alpha value is -0.0800. The summed E-state index contributed by atoms with van der Waals surface area (Å²) in [5.74, 6) is 0.843. The van der Waals surface area contributed by atoms with Crippen LogP contribution >= 0.6 is 0 Å². The van der Waals surface area contributed by atoms with E-state index in [0.717, 1.165) is 25.6 Å². The zero-order chi connectivity index (χ0) is 11.0. The minimum absolute atomic E-state index is 0.248. The second-order valence-corrected chi connectivity index (χ2v) is 5.43. The van der Waals surface area contributed by atoms with Gasteiger partial charge in [0.05, 0.1) is 0 Å². The molecule has 0 atom stereocenters. The Morgan fingerprint density at radius 1 is 1.21 bits per heavy atom. The molecule has 0 radical (unpaired) electrons. The molecule has 0 bridgehead atoms. The molecule has 0 aromatic carbocycles. The number of rotatable bonds is 8. The molecule has 0 unspecified atom stereocenters. The average Bonchev–Trinajstić information content (AvgIpc) is 2.10. The molecule has 86 valence electrons. The summed E-state index contributed by atoms with van der Waals surface area (Å²) < 4.78 is 0. The van der Waals surface area contributed by atoms with E-state index >= 15 is 0 Å². The average molecular weight is 200 g/mol. The van der Waals surface area contributed by atoms with Crippen molar-refractivity contribution < 1.29 is 0 Å². The molecule has 0 amide bonds. The Labute approximate surface area is 89.6 Å². The van der Waals surface area contributed by atoms with E-state index in [9.17, 15) is 0 Å². The predicted molar refractivity (Wildman–Crippen MR) is 64.4 cm³/mol. The molecule has 0 rings (SSSR count). The third-order valence-electron chi connectivity index (χ3n) is 2.54. The lowest BCUT2D eigenvalue weighted by Crippen LogP contribution is -2.35. The Morgan fingerprint density at radius 3 is 2.36 bits per heavy atom. The van der Waals surface area contributed by atoms with Gasteiger partial charge in [0.2, 0.25) is 0 Å². The Balaban J connectivity index is 3.21. The smallest absolute Gasteiger partial charge is 0.00146 e. The first-order valence-corrected chi connectivity index (χ1v) is 5.89. The molecule has 2 nitrogen and oxygen atoms in total. The van der Waals surface area contributed by atoms with E-state index in [2.05, 4.69) is 33.0 Å². The van der Waals surface area contributed by atoms with E-state index < -0.39 is 0 Å².